The van der Waals surface area contributed by atoms with Gasteiger partial charge >= 0.3 is 6.29 Å². The summed E-state index contributed by atoms with van der Waals surface area (Å²) < 4.78 is 34.9. The molecule has 0 unspecified atom stereocenters. The number of aromatic amines is 1. The molecule has 0 atom stereocenters. The highest BCUT2D eigenvalue weighted by Crippen LogP contribution is 2.49. The maximum absolute atomic E-state index is 13.1. The summed E-state index contributed by atoms with van der Waals surface area (Å²) >= 11 is 0. The van der Waals surface area contributed by atoms with Crippen molar-refractivity contribution in [1.82, 2.24) is 4.98 Å². The van der Waals surface area contributed by atoms with Crippen molar-refractivity contribution in [1.29, 1.82) is 5.26 Å². The van der Waals surface area contributed by atoms with Crippen LogP contribution in [0.4, 0.5) is 8.78 Å². The summed E-state index contributed by atoms with van der Waals surface area (Å²) in [4.78, 5) is 2.45. The molecule has 0 fully saturated rings. The summed E-state index contributed by atoms with van der Waals surface area (Å²) in [5.41, 5.74) is 0.371. The fourth-order valence-electron chi connectivity index (χ4n) is 1.94. The minimum absolute atomic E-state index is 0.0978. The standard InChI is InChI=1S/C12H6F2N2O3/c13-12(14)18-8-3-1-2-7(10(8)19-12)9-6(4-15)5-16-11(9)17/h1-3,5,16-17H. The Labute approximate surface area is 105 Å². The Morgan fingerprint density at radius 2 is 2.11 bits per heavy atom. The Balaban J connectivity index is 2.22. The number of fused-ring (bicyclic) bond motifs is 1. The van der Waals surface area contributed by atoms with E-state index in [-0.39, 0.29) is 34.1 Å². The number of halogens is 2. The van der Waals surface area contributed by atoms with Gasteiger partial charge in [-0.25, -0.2) is 0 Å². The second kappa shape index (κ2) is 3.62. The van der Waals surface area contributed by atoms with Crippen LogP contribution in [0.15, 0.2) is 24.4 Å². The van der Waals surface area contributed by atoms with E-state index in [0.29, 0.717) is 0 Å². The van der Waals surface area contributed by atoms with Gasteiger partial charge < -0.3 is 19.6 Å². The number of H-pyrrole nitrogens is 1. The third kappa shape index (κ3) is 1.65. The Hall–Kier alpha value is -2.75. The molecule has 0 saturated carbocycles. The van der Waals surface area contributed by atoms with Crippen LogP contribution in [-0.4, -0.2) is 16.4 Å². The number of alkyl halides is 2. The molecule has 0 bridgehead atoms. The average molecular weight is 264 g/mol. The highest BCUT2D eigenvalue weighted by atomic mass is 19.3. The Morgan fingerprint density at radius 3 is 2.84 bits per heavy atom. The van der Waals surface area contributed by atoms with Gasteiger partial charge in [0.15, 0.2) is 17.4 Å². The fourth-order valence-corrected chi connectivity index (χ4v) is 1.94. The Morgan fingerprint density at radius 1 is 1.32 bits per heavy atom. The van der Waals surface area contributed by atoms with Gasteiger partial charge in [-0.1, -0.05) is 12.1 Å². The summed E-state index contributed by atoms with van der Waals surface area (Å²) in [6.07, 6.45) is -2.48. The zero-order valence-electron chi connectivity index (χ0n) is 9.28. The molecule has 1 aliphatic rings. The molecular formula is C12H6F2N2O3. The van der Waals surface area contributed by atoms with Gasteiger partial charge in [-0.05, 0) is 6.07 Å². The second-order valence-electron chi connectivity index (χ2n) is 3.84. The molecule has 0 amide bonds. The highest BCUT2D eigenvalue weighted by Gasteiger charge is 2.45. The highest BCUT2D eigenvalue weighted by molar-refractivity contribution is 5.82. The molecule has 19 heavy (non-hydrogen) atoms. The number of hydrogen-bond donors (Lipinski definition) is 2. The molecule has 7 heteroatoms. The van der Waals surface area contributed by atoms with Crippen LogP contribution in [0.5, 0.6) is 17.4 Å². The number of aromatic hydroxyl groups is 1. The molecule has 1 aliphatic heterocycles. The van der Waals surface area contributed by atoms with Gasteiger partial charge in [0.05, 0.1) is 11.1 Å². The van der Waals surface area contributed by atoms with Gasteiger partial charge in [-0.3, -0.25) is 0 Å². The third-order valence-electron chi connectivity index (χ3n) is 2.68. The molecule has 1 aromatic carbocycles. The lowest BCUT2D eigenvalue weighted by atomic mass is 10.0. The SMILES string of the molecule is N#Cc1c[nH]c(O)c1-c1cccc2c1OC(F)(F)O2. The summed E-state index contributed by atoms with van der Waals surface area (Å²) in [5, 5.41) is 18.6. The largest absolute Gasteiger partial charge is 0.586 e. The number of aromatic nitrogens is 1. The molecule has 1 aromatic heterocycles. The predicted molar refractivity (Wildman–Crippen MR) is 58.8 cm³/mol. The summed E-state index contributed by atoms with van der Waals surface area (Å²) in [6.45, 7) is 0. The summed E-state index contributed by atoms with van der Waals surface area (Å²) in [7, 11) is 0. The van der Waals surface area contributed by atoms with Crippen LogP contribution in [0.2, 0.25) is 0 Å². The lowest BCUT2D eigenvalue weighted by Gasteiger charge is -2.06. The second-order valence-corrected chi connectivity index (χ2v) is 3.84. The van der Waals surface area contributed by atoms with E-state index in [1.54, 1.807) is 0 Å². The number of benzene rings is 1. The van der Waals surface area contributed by atoms with Gasteiger partial charge in [0.1, 0.15) is 6.07 Å². The summed E-state index contributed by atoms with van der Waals surface area (Å²) in [5.74, 6) is -0.658. The smallest absolute Gasteiger partial charge is 0.494 e. The van der Waals surface area contributed by atoms with Gasteiger partial charge in [-0.2, -0.15) is 5.26 Å². The predicted octanol–water partition coefficient (Wildman–Crippen LogP) is 2.58. The van der Waals surface area contributed by atoms with Crippen molar-refractivity contribution in [2.24, 2.45) is 0 Å². The van der Waals surface area contributed by atoms with E-state index in [0.717, 1.165) is 0 Å². The van der Waals surface area contributed by atoms with E-state index in [1.165, 1.54) is 24.4 Å². The minimum atomic E-state index is -3.75. The average Bonchev–Trinajstić information content (AvgIpc) is 2.86. The molecular weight excluding hydrogens is 258 g/mol. The van der Waals surface area contributed by atoms with Crippen LogP contribution in [-0.2, 0) is 0 Å². The number of nitrogens with zero attached hydrogens (tertiary/aromatic N) is 1. The van der Waals surface area contributed by atoms with Gasteiger partial charge in [-0.15, -0.1) is 8.78 Å². The molecule has 0 aliphatic carbocycles. The Kier molecular flexibility index (Phi) is 2.16. The van der Waals surface area contributed by atoms with Crippen LogP contribution in [0.1, 0.15) is 5.56 Å². The third-order valence-corrected chi connectivity index (χ3v) is 2.68. The topological polar surface area (TPSA) is 78.3 Å². The first kappa shape index (κ1) is 11.3. The normalized spacial score (nSPS) is 15.2. The van der Waals surface area contributed by atoms with E-state index >= 15 is 0 Å². The molecule has 0 spiro atoms. The first-order valence-electron chi connectivity index (χ1n) is 5.21. The molecule has 0 radical (unpaired) electrons. The lowest BCUT2D eigenvalue weighted by molar-refractivity contribution is -0.286. The van der Waals surface area contributed by atoms with E-state index in [9.17, 15) is 13.9 Å². The fraction of sp³-hybridized carbons (Fsp3) is 0.0833. The van der Waals surface area contributed by atoms with E-state index in [4.69, 9.17) is 5.26 Å². The van der Waals surface area contributed by atoms with Crippen molar-refractivity contribution >= 4 is 0 Å². The van der Waals surface area contributed by atoms with Crippen LogP contribution in [0.3, 0.4) is 0 Å². The molecule has 3 rings (SSSR count). The Bertz CT molecular complexity index is 703. The van der Waals surface area contributed by atoms with Crippen LogP contribution in [0.25, 0.3) is 11.1 Å². The van der Waals surface area contributed by atoms with Crippen molar-refractivity contribution in [3.8, 4) is 34.6 Å². The molecule has 5 nitrogen and oxygen atoms in total. The van der Waals surface area contributed by atoms with Crippen molar-refractivity contribution in [2.75, 3.05) is 0 Å². The monoisotopic (exact) mass is 264 g/mol. The van der Waals surface area contributed by atoms with Gasteiger partial charge in [0.25, 0.3) is 0 Å². The van der Waals surface area contributed by atoms with Crippen molar-refractivity contribution in [3.05, 3.63) is 30.0 Å². The molecule has 0 saturated heterocycles. The first-order chi connectivity index (χ1) is 9.02. The van der Waals surface area contributed by atoms with Gasteiger partial charge in [0, 0.05) is 11.8 Å². The molecule has 2 heterocycles. The van der Waals surface area contributed by atoms with Crippen molar-refractivity contribution in [3.63, 3.8) is 0 Å². The number of rotatable bonds is 1. The zero-order valence-corrected chi connectivity index (χ0v) is 9.28. The molecule has 2 aromatic rings. The van der Waals surface area contributed by atoms with Gasteiger partial charge in [0.2, 0.25) is 0 Å². The van der Waals surface area contributed by atoms with Crippen LogP contribution < -0.4 is 9.47 Å². The summed E-state index contributed by atoms with van der Waals surface area (Å²) in [6, 6.07) is 6.08. The van der Waals surface area contributed by atoms with Crippen molar-refractivity contribution < 1.29 is 23.4 Å². The maximum atomic E-state index is 13.1. The van der Waals surface area contributed by atoms with E-state index < -0.39 is 6.29 Å². The minimum Gasteiger partial charge on any atom is -0.494 e. The quantitative estimate of drug-likeness (QED) is 0.829. The number of hydrogen-bond acceptors (Lipinski definition) is 4. The number of para-hydroxylation sites is 1. The number of nitrogens with one attached hydrogen (secondary N) is 1. The zero-order chi connectivity index (χ0) is 13.6. The number of nitriles is 1. The van der Waals surface area contributed by atoms with Crippen LogP contribution in [0, 0.1) is 11.3 Å². The molecule has 96 valence electrons. The van der Waals surface area contributed by atoms with Crippen molar-refractivity contribution in [2.45, 2.75) is 6.29 Å². The number of ether oxygens (including phenoxy) is 2. The first-order valence-corrected chi connectivity index (χ1v) is 5.21. The molecule has 2 N–H and O–H groups in total. The van der Waals surface area contributed by atoms with Crippen LogP contribution >= 0.6 is 0 Å². The lowest BCUT2D eigenvalue weighted by Crippen LogP contribution is -2.26. The van der Waals surface area contributed by atoms with E-state index in [1.807, 2.05) is 6.07 Å². The van der Waals surface area contributed by atoms with E-state index in [2.05, 4.69) is 14.5 Å². The maximum Gasteiger partial charge on any atom is 0.586 e.